The predicted octanol–water partition coefficient (Wildman–Crippen LogP) is 1.73. The van der Waals surface area contributed by atoms with Gasteiger partial charge in [-0.3, -0.25) is 4.79 Å². The Morgan fingerprint density at radius 1 is 1.33 bits per heavy atom. The van der Waals surface area contributed by atoms with Crippen molar-refractivity contribution in [3.8, 4) is 12.3 Å². The number of carbonyl (C=O) groups is 2. The fourth-order valence-electron chi connectivity index (χ4n) is 1.46. The van der Waals surface area contributed by atoms with Crippen molar-refractivity contribution in [3.63, 3.8) is 0 Å². The lowest BCUT2D eigenvalue weighted by Crippen LogP contribution is -2.42. The standard InChI is InChI=1S/C13H22N2O3/c1-3-8-11(4-2)15-13(18)14-10-7-5-6-9-12(16)17/h1,11H,4-10H2,2H3,(H,16,17)(H2,14,15,18). The van der Waals surface area contributed by atoms with E-state index in [2.05, 4.69) is 16.6 Å². The molecule has 0 spiro atoms. The largest absolute Gasteiger partial charge is 0.481 e. The van der Waals surface area contributed by atoms with Crippen LogP contribution in [-0.4, -0.2) is 29.7 Å². The Morgan fingerprint density at radius 3 is 2.61 bits per heavy atom. The molecule has 0 bridgehead atoms. The molecule has 0 aliphatic rings. The van der Waals surface area contributed by atoms with Crippen LogP contribution < -0.4 is 10.6 Å². The molecule has 0 aromatic rings. The summed E-state index contributed by atoms with van der Waals surface area (Å²) in [7, 11) is 0. The van der Waals surface area contributed by atoms with Gasteiger partial charge in [0.05, 0.1) is 0 Å². The lowest BCUT2D eigenvalue weighted by molar-refractivity contribution is -0.137. The molecule has 3 N–H and O–H groups in total. The zero-order chi connectivity index (χ0) is 13.8. The zero-order valence-corrected chi connectivity index (χ0v) is 10.9. The van der Waals surface area contributed by atoms with Crippen molar-refractivity contribution in [1.29, 1.82) is 0 Å². The summed E-state index contributed by atoms with van der Waals surface area (Å²) in [4.78, 5) is 21.7. The minimum absolute atomic E-state index is 0.0158. The first-order chi connectivity index (χ1) is 8.60. The fourth-order valence-corrected chi connectivity index (χ4v) is 1.46. The number of urea groups is 1. The van der Waals surface area contributed by atoms with E-state index in [4.69, 9.17) is 11.5 Å². The molecular formula is C13H22N2O3. The van der Waals surface area contributed by atoms with E-state index in [9.17, 15) is 9.59 Å². The van der Waals surface area contributed by atoms with Gasteiger partial charge in [0.1, 0.15) is 0 Å². The second-order valence-corrected chi connectivity index (χ2v) is 4.12. The number of rotatable bonds is 9. The minimum Gasteiger partial charge on any atom is -0.481 e. The van der Waals surface area contributed by atoms with E-state index in [1.165, 1.54) is 0 Å². The monoisotopic (exact) mass is 254 g/mol. The first-order valence-electron chi connectivity index (χ1n) is 6.29. The summed E-state index contributed by atoms with van der Waals surface area (Å²) >= 11 is 0. The Labute approximate surface area is 108 Å². The van der Waals surface area contributed by atoms with Crippen molar-refractivity contribution in [2.24, 2.45) is 0 Å². The topological polar surface area (TPSA) is 78.4 Å². The maximum absolute atomic E-state index is 11.4. The molecule has 1 unspecified atom stereocenters. The van der Waals surface area contributed by atoms with Crippen molar-refractivity contribution < 1.29 is 14.7 Å². The van der Waals surface area contributed by atoms with Gasteiger partial charge in [-0.2, -0.15) is 0 Å². The molecule has 0 saturated heterocycles. The van der Waals surface area contributed by atoms with Crippen LogP contribution in [0.15, 0.2) is 0 Å². The summed E-state index contributed by atoms with van der Waals surface area (Å²) in [6, 6.07) is -0.197. The van der Waals surface area contributed by atoms with Gasteiger partial charge in [-0.15, -0.1) is 12.3 Å². The van der Waals surface area contributed by atoms with Crippen molar-refractivity contribution >= 4 is 12.0 Å². The van der Waals surface area contributed by atoms with Crippen LogP contribution in [0, 0.1) is 12.3 Å². The Balaban J connectivity index is 3.53. The number of carbonyl (C=O) groups excluding carboxylic acids is 1. The quantitative estimate of drug-likeness (QED) is 0.433. The third kappa shape index (κ3) is 9.52. The van der Waals surface area contributed by atoms with Crippen molar-refractivity contribution in [3.05, 3.63) is 0 Å². The van der Waals surface area contributed by atoms with Gasteiger partial charge in [0.2, 0.25) is 0 Å². The number of amides is 2. The number of terminal acetylenes is 1. The summed E-state index contributed by atoms with van der Waals surface area (Å²) in [6.07, 6.45) is 8.94. The van der Waals surface area contributed by atoms with Crippen LogP contribution in [0.4, 0.5) is 4.79 Å². The molecule has 5 nitrogen and oxygen atoms in total. The molecule has 0 saturated carbocycles. The summed E-state index contributed by atoms with van der Waals surface area (Å²) < 4.78 is 0. The summed E-state index contributed by atoms with van der Waals surface area (Å²) in [5.41, 5.74) is 0. The lowest BCUT2D eigenvalue weighted by Gasteiger charge is -2.14. The van der Waals surface area contributed by atoms with Crippen LogP contribution >= 0.6 is 0 Å². The SMILES string of the molecule is C#CCC(CC)NC(=O)NCCCCCC(=O)O. The predicted molar refractivity (Wildman–Crippen MR) is 70.2 cm³/mol. The van der Waals surface area contributed by atoms with Gasteiger partial charge < -0.3 is 15.7 Å². The van der Waals surface area contributed by atoms with Crippen LogP contribution in [-0.2, 0) is 4.79 Å². The smallest absolute Gasteiger partial charge is 0.315 e. The number of unbranched alkanes of at least 4 members (excludes halogenated alkanes) is 2. The number of carboxylic acid groups (broad SMARTS) is 1. The third-order valence-corrected chi connectivity index (χ3v) is 2.55. The van der Waals surface area contributed by atoms with Crippen molar-refractivity contribution in [2.75, 3.05) is 6.54 Å². The highest BCUT2D eigenvalue weighted by molar-refractivity contribution is 5.74. The normalized spacial score (nSPS) is 11.3. The Bertz CT molecular complexity index is 297. The first-order valence-corrected chi connectivity index (χ1v) is 6.29. The Kier molecular flexibility index (Phi) is 9.47. The average molecular weight is 254 g/mol. The van der Waals surface area contributed by atoms with Gasteiger partial charge in [-0.25, -0.2) is 4.79 Å². The van der Waals surface area contributed by atoms with Gasteiger partial charge in [0, 0.05) is 25.4 Å². The van der Waals surface area contributed by atoms with Gasteiger partial charge in [0.15, 0.2) is 0 Å². The summed E-state index contributed by atoms with van der Waals surface area (Å²) in [5.74, 6) is 1.74. The molecule has 5 heteroatoms. The number of nitrogens with one attached hydrogen (secondary N) is 2. The van der Waals surface area contributed by atoms with E-state index in [-0.39, 0.29) is 18.5 Å². The molecule has 2 amide bonds. The van der Waals surface area contributed by atoms with Gasteiger partial charge in [0.25, 0.3) is 0 Å². The number of hydrogen-bond acceptors (Lipinski definition) is 2. The summed E-state index contributed by atoms with van der Waals surface area (Å²) in [6.45, 7) is 2.52. The van der Waals surface area contributed by atoms with E-state index in [0.717, 1.165) is 19.3 Å². The van der Waals surface area contributed by atoms with Gasteiger partial charge >= 0.3 is 12.0 Å². The number of aliphatic carboxylic acids is 1. The highest BCUT2D eigenvalue weighted by Crippen LogP contribution is 1.99. The number of carboxylic acids is 1. The van der Waals surface area contributed by atoms with Crippen LogP contribution in [0.2, 0.25) is 0 Å². The van der Waals surface area contributed by atoms with E-state index in [0.29, 0.717) is 19.4 Å². The molecule has 0 radical (unpaired) electrons. The lowest BCUT2D eigenvalue weighted by atomic mass is 10.1. The zero-order valence-electron chi connectivity index (χ0n) is 10.9. The Morgan fingerprint density at radius 2 is 2.06 bits per heavy atom. The number of hydrogen-bond donors (Lipinski definition) is 3. The second kappa shape index (κ2) is 10.5. The van der Waals surface area contributed by atoms with Crippen LogP contribution in [0.5, 0.6) is 0 Å². The highest BCUT2D eigenvalue weighted by Gasteiger charge is 2.07. The molecule has 1 atom stereocenters. The van der Waals surface area contributed by atoms with Gasteiger partial charge in [-0.1, -0.05) is 13.3 Å². The van der Waals surface area contributed by atoms with Crippen LogP contribution in [0.1, 0.15) is 45.4 Å². The van der Waals surface area contributed by atoms with E-state index >= 15 is 0 Å². The Hall–Kier alpha value is -1.70. The molecule has 0 rings (SSSR count). The average Bonchev–Trinajstić information content (AvgIpc) is 2.32. The molecule has 0 aromatic carbocycles. The van der Waals surface area contributed by atoms with Crippen molar-refractivity contribution in [2.45, 2.75) is 51.5 Å². The maximum atomic E-state index is 11.4. The third-order valence-electron chi connectivity index (χ3n) is 2.55. The molecule has 0 aliphatic carbocycles. The molecule has 0 heterocycles. The van der Waals surface area contributed by atoms with Gasteiger partial charge in [-0.05, 0) is 19.3 Å². The first kappa shape index (κ1) is 16.3. The molecule has 102 valence electrons. The maximum Gasteiger partial charge on any atom is 0.315 e. The molecule has 18 heavy (non-hydrogen) atoms. The van der Waals surface area contributed by atoms with E-state index in [1.54, 1.807) is 0 Å². The van der Waals surface area contributed by atoms with Crippen LogP contribution in [0.25, 0.3) is 0 Å². The van der Waals surface area contributed by atoms with Crippen LogP contribution in [0.3, 0.4) is 0 Å². The molecule has 0 aromatic heterocycles. The molecule has 0 aliphatic heterocycles. The summed E-state index contributed by atoms with van der Waals surface area (Å²) in [5, 5.41) is 14.0. The second-order valence-electron chi connectivity index (χ2n) is 4.12. The fraction of sp³-hybridized carbons (Fsp3) is 0.692. The van der Waals surface area contributed by atoms with E-state index < -0.39 is 5.97 Å². The molecule has 0 fully saturated rings. The highest BCUT2D eigenvalue weighted by atomic mass is 16.4. The molecular weight excluding hydrogens is 232 g/mol. The minimum atomic E-state index is -0.777. The van der Waals surface area contributed by atoms with E-state index in [1.807, 2.05) is 6.92 Å². The van der Waals surface area contributed by atoms with Crippen molar-refractivity contribution in [1.82, 2.24) is 10.6 Å².